The standard InChI is InChI=1S/C17H18O3/c1-17(2)12-9-13(17)15(19)8-11(12)5-3-10-4-6-14(18)16(20)7-10/h3-8,12-13,18,20H,9H2,1-2H3/t12-,13+/m0/s1. The first kappa shape index (κ1) is 13.0. The second-order valence-corrected chi connectivity index (χ2v) is 6.29. The highest BCUT2D eigenvalue weighted by Gasteiger charge is 2.54. The van der Waals surface area contributed by atoms with E-state index in [1.807, 2.05) is 12.2 Å². The van der Waals surface area contributed by atoms with Gasteiger partial charge in [-0.1, -0.05) is 32.1 Å². The van der Waals surface area contributed by atoms with Gasteiger partial charge in [0.25, 0.3) is 0 Å². The molecule has 2 atom stereocenters. The van der Waals surface area contributed by atoms with E-state index in [2.05, 4.69) is 13.8 Å². The van der Waals surface area contributed by atoms with Gasteiger partial charge in [0.1, 0.15) is 0 Å². The van der Waals surface area contributed by atoms with Crippen LogP contribution in [-0.4, -0.2) is 16.0 Å². The second kappa shape index (κ2) is 4.23. The number of carbonyl (C=O) groups excluding carboxylic acids is 1. The maximum atomic E-state index is 12.0. The van der Waals surface area contributed by atoms with Gasteiger partial charge in [-0.15, -0.1) is 0 Å². The van der Waals surface area contributed by atoms with Crippen molar-refractivity contribution in [2.75, 3.05) is 0 Å². The van der Waals surface area contributed by atoms with E-state index >= 15 is 0 Å². The molecule has 20 heavy (non-hydrogen) atoms. The van der Waals surface area contributed by atoms with E-state index in [0.29, 0.717) is 5.92 Å². The molecule has 0 unspecified atom stereocenters. The number of ketones is 1. The Balaban J connectivity index is 1.86. The van der Waals surface area contributed by atoms with Crippen LogP contribution in [0.5, 0.6) is 11.5 Å². The number of phenolic OH excluding ortho intramolecular Hbond substituents is 2. The molecule has 3 aliphatic carbocycles. The Bertz CT molecular complexity index is 638. The summed E-state index contributed by atoms with van der Waals surface area (Å²) in [6.07, 6.45) is 6.52. The smallest absolute Gasteiger partial charge is 0.159 e. The molecular weight excluding hydrogens is 252 g/mol. The van der Waals surface area contributed by atoms with Gasteiger partial charge in [-0.2, -0.15) is 0 Å². The van der Waals surface area contributed by atoms with Gasteiger partial charge < -0.3 is 10.2 Å². The van der Waals surface area contributed by atoms with E-state index < -0.39 is 0 Å². The molecule has 0 heterocycles. The Hall–Kier alpha value is -2.03. The van der Waals surface area contributed by atoms with Gasteiger partial charge in [-0.25, -0.2) is 0 Å². The van der Waals surface area contributed by atoms with E-state index in [4.69, 9.17) is 0 Å². The summed E-state index contributed by atoms with van der Waals surface area (Å²) in [5, 5.41) is 18.8. The first-order valence-electron chi connectivity index (χ1n) is 6.85. The van der Waals surface area contributed by atoms with Crippen molar-refractivity contribution in [3.05, 3.63) is 41.5 Å². The zero-order valence-corrected chi connectivity index (χ0v) is 11.6. The van der Waals surface area contributed by atoms with Crippen LogP contribution in [0.15, 0.2) is 35.9 Å². The Kier molecular flexibility index (Phi) is 2.75. The Labute approximate surface area is 118 Å². The van der Waals surface area contributed by atoms with Crippen molar-refractivity contribution in [3.63, 3.8) is 0 Å². The maximum absolute atomic E-state index is 12.0. The fourth-order valence-corrected chi connectivity index (χ4v) is 3.34. The number of phenols is 2. The van der Waals surface area contributed by atoms with Crippen LogP contribution in [0, 0.1) is 17.3 Å². The van der Waals surface area contributed by atoms with Crippen LogP contribution in [0.3, 0.4) is 0 Å². The average Bonchev–Trinajstić information content (AvgIpc) is 2.39. The number of hydrogen-bond acceptors (Lipinski definition) is 3. The third kappa shape index (κ3) is 1.85. The topological polar surface area (TPSA) is 57.5 Å². The van der Waals surface area contributed by atoms with Crippen LogP contribution in [0.2, 0.25) is 0 Å². The Morgan fingerprint density at radius 1 is 1.15 bits per heavy atom. The van der Waals surface area contributed by atoms with Gasteiger partial charge >= 0.3 is 0 Å². The molecule has 1 aromatic carbocycles. The van der Waals surface area contributed by atoms with Crippen molar-refractivity contribution < 1.29 is 15.0 Å². The highest BCUT2D eigenvalue weighted by atomic mass is 16.3. The van der Waals surface area contributed by atoms with E-state index in [9.17, 15) is 15.0 Å². The molecule has 0 spiro atoms. The third-order valence-electron chi connectivity index (χ3n) is 4.79. The molecule has 2 bridgehead atoms. The molecule has 1 fully saturated rings. The minimum atomic E-state index is -0.134. The molecule has 1 aromatic rings. The highest BCUT2D eigenvalue weighted by Crippen LogP contribution is 2.58. The van der Waals surface area contributed by atoms with Crippen molar-refractivity contribution in [1.29, 1.82) is 0 Å². The molecule has 4 rings (SSSR count). The molecule has 1 saturated carbocycles. The van der Waals surface area contributed by atoms with Gasteiger partial charge in [0.15, 0.2) is 17.3 Å². The number of benzene rings is 1. The molecule has 3 heteroatoms. The summed E-state index contributed by atoms with van der Waals surface area (Å²) >= 11 is 0. The lowest BCUT2D eigenvalue weighted by Crippen LogP contribution is -2.52. The summed E-state index contributed by atoms with van der Waals surface area (Å²) in [6.45, 7) is 4.30. The van der Waals surface area contributed by atoms with E-state index in [0.717, 1.165) is 17.6 Å². The maximum Gasteiger partial charge on any atom is 0.159 e. The summed E-state index contributed by atoms with van der Waals surface area (Å²) in [5.74, 6) is 0.585. The summed E-state index contributed by atoms with van der Waals surface area (Å²) in [7, 11) is 0. The van der Waals surface area contributed by atoms with E-state index in [1.54, 1.807) is 12.1 Å². The highest BCUT2D eigenvalue weighted by molar-refractivity contribution is 5.96. The molecule has 0 radical (unpaired) electrons. The van der Waals surface area contributed by atoms with Crippen LogP contribution in [0.1, 0.15) is 25.8 Å². The number of carbonyl (C=O) groups is 1. The minimum Gasteiger partial charge on any atom is -0.504 e. The lowest BCUT2D eigenvalue weighted by atomic mass is 9.48. The summed E-state index contributed by atoms with van der Waals surface area (Å²) < 4.78 is 0. The Morgan fingerprint density at radius 2 is 1.90 bits per heavy atom. The summed E-state index contributed by atoms with van der Waals surface area (Å²) in [5.41, 5.74) is 1.92. The predicted octanol–water partition coefficient (Wildman–Crippen LogP) is 3.28. The van der Waals surface area contributed by atoms with Crippen LogP contribution in [0.4, 0.5) is 0 Å². The number of fused-ring (bicyclic) bond motifs is 1. The molecule has 0 saturated heterocycles. The summed E-state index contributed by atoms with van der Waals surface area (Å²) in [6, 6.07) is 4.69. The molecule has 2 N–H and O–H groups in total. The van der Waals surface area contributed by atoms with Crippen molar-refractivity contribution in [2.24, 2.45) is 17.3 Å². The largest absolute Gasteiger partial charge is 0.504 e. The predicted molar refractivity (Wildman–Crippen MR) is 77.3 cm³/mol. The van der Waals surface area contributed by atoms with Gasteiger partial charge in [-0.3, -0.25) is 4.79 Å². The van der Waals surface area contributed by atoms with Crippen LogP contribution in [-0.2, 0) is 4.79 Å². The molecule has 0 aliphatic heterocycles. The molecule has 0 amide bonds. The zero-order valence-electron chi connectivity index (χ0n) is 11.6. The lowest BCUT2D eigenvalue weighted by molar-refractivity contribution is -0.133. The number of aromatic hydroxyl groups is 2. The molecule has 3 nitrogen and oxygen atoms in total. The van der Waals surface area contributed by atoms with Gasteiger partial charge in [-0.05, 0) is 47.1 Å². The molecule has 3 aliphatic rings. The summed E-state index contributed by atoms with van der Waals surface area (Å²) in [4.78, 5) is 12.0. The van der Waals surface area contributed by atoms with Crippen LogP contribution >= 0.6 is 0 Å². The van der Waals surface area contributed by atoms with Crippen molar-refractivity contribution in [2.45, 2.75) is 20.3 Å². The fraction of sp³-hybridized carbons (Fsp3) is 0.353. The second-order valence-electron chi connectivity index (χ2n) is 6.29. The number of allylic oxidation sites excluding steroid dienone is 3. The van der Waals surface area contributed by atoms with E-state index in [1.165, 1.54) is 12.1 Å². The van der Waals surface area contributed by atoms with Crippen LogP contribution in [0.25, 0.3) is 6.08 Å². The first-order valence-corrected chi connectivity index (χ1v) is 6.85. The number of hydrogen-bond donors (Lipinski definition) is 2. The SMILES string of the molecule is CC1(C)[C@@H]2C[C@H]1C(C=Cc1ccc(O)c(O)c1)=CC2=O. The average molecular weight is 270 g/mol. The van der Waals surface area contributed by atoms with Gasteiger partial charge in [0.05, 0.1) is 0 Å². The van der Waals surface area contributed by atoms with Gasteiger partial charge in [0, 0.05) is 5.92 Å². The van der Waals surface area contributed by atoms with Crippen molar-refractivity contribution in [1.82, 2.24) is 0 Å². The minimum absolute atomic E-state index is 0.0581. The number of rotatable bonds is 2. The fourth-order valence-electron chi connectivity index (χ4n) is 3.34. The zero-order chi connectivity index (χ0) is 14.5. The van der Waals surface area contributed by atoms with Crippen molar-refractivity contribution >= 4 is 11.9 Å². The molecular formula is C17H18O3. The monoisotopic (exact) mass is 270 g/mol. The van der Waals surface area contributed by atoms with E-state index in [-0.39, 0.29) is 28.6 Å². The Morgan fingerprint density at radius 3 is 2.50 bits per heavy atom. The molecule has 0 aromatic heterocycles. The van der Waals surface area contributed by atoms with Crippen molar-refractivity contribution in [3.8, 4) is 11.5 Å². The van der Waals surface area contributed by atoms with Crippen LogP contribution < -0.4 is 0 Å². The normalized spacial score (nSPS) is 27.3. The van der Waals surface area contributed by atoms with Gasteiger partial charge in [0.2, 0.25) is 0 Å². The quantitative estimate of drug-likeness (QED) is 0.811. The molecule has 104 valence electrons. The third-order valence-corrected chi connectivity index (χ3v) is 4.79. The lowest BCUT2D eigenvalue weighted by Gasteiger charge is -2.54. The first-order chi connectivity index (χ1) is 9.39.